The number of hydrogen-bond donors (Lipinski definition) is 1. The van der Waals surface area contributed by atoms with Crippen molar-refractivity contribution in [3.8, 4) is 0 Å². The van der Waals surface area contributed by atoms with Crippen molar-refractivity contribution in [3.05, 3.63) is 24.5 Å². The van der Waals surface area contributed by atoms with Crippen LogP contribution in [0.15, 0.2) is 24.5 Å². The maximum atomic E-state index is 5.85. The first-order chi connectivity index (χ1) is 9.79. The summed E-state index contributed by atoms with van der Waals surface area (Å²) in [6.45, 7) is 3.20. The Morgan fingerprint density at radius 1 is 1.20 bits per heavy atom. The van der Waals surface area contributed by atoms with E-state index in [0.29, 0.717) is 6.04 Å². The van der Waals surface area contributed by atoms with Crippen LogP contribution >= 0.6 is 0 Å². The summed E-state index contributed by atoms with van der Waals surface area (Å²) in [5.41, 5.74) is 7.54. The molecule has 0 unspecified atom stereocenters. The zero-order valence-electron chi connectivity index (χ0n) is 12.0. The largest absolute Gasteiger partial charge is 0.399 e. The Labute approximate surface area is 120 Å². The van der Waals surface area contributed by atoms with Crippen molar-refractivity contribution < 1.29 is 0 Å². The molecule has 1 aliphatic carbocycles. The van der Waals surface area contributed by atoms with Crippen LogP contribution in [0.2, 0.25) is 0 Å². The maximum Gasteiger partial charge on any atom is 0.140 e. The highest BCUT2D eigenvalue weighted by Gasteiger charge is 2.22. The Hall–Kier alpha value is -1.84. The van der Waals surface area contributed by atoms with Gasteiger partial charge in [0.2, 0.25) is 0 Å². The smallest absolute Gasteiger partial charge is 0.140 e. The molecule has 4 heteroatoms. The molecular formula is C16H22N4. The van der Waals surface area contributed by atoms with E-state index in [4.69, 9.17) is 5.73 Å². The molecule has 2 N–H and O–H groups in total. The van der Waals surface area contributed by atoms with Crippen LogP contribution in [-0.2, 0) is 0 Å². The van der Waals surface area contributed by atoms with E-state index in [1.807, 2.05) is 18.2 Å². The van der Waals surface area contributed by atoms with Gasteiger partial charge >= 0.3 is 0 Å². The summed E-state index contributed by atoms with van der Waals surface area (Å²) in [5.74, 6) is 1.06. The molecule has 0 bridgehead atoms. The summed E-state index contributed by atoms with van der Waals surface area (Å²) in [5, 5.41) is 1.11. The summed E-state index contributed by atoms with van der Waals surface area (Å²) < 4.78 is 0. The van der Waals surface area contributed by atoms with Gasteiger partial charge in [0.1, 0.15) is 12.1 Å². The molecule has 0 spiro atoms. The van der Waals surface area contributed by atoms with Crippen molar-refractivity contribution in [1.29, 1.82) is 0 Å². The van der Waals surface area contributed by atoms with Crippen molar-refractivity contribution in [2.75, 3.05) is 17.2 Å². The van der Waals surface area contributed by atoms with Crippen LogP contribution in [0, 0.1) is 0 Å². The van der Waals surface area contributed by atoms with Crippen molar-refractivity contribution in [1.82, 2.24) is 9.97 Å². The molecule has 1 aliphatic rings. The van der Waals surface area contributed by atoms with Gasteiger partial charge in [0.15, 0.2) is 0 Å². The molecule has 0 amide bonds. The molecule has 1 fully saturated rings. The first kappa shape index (κ1) is 13.2. The Morgan fingerprint density at radius 3 is 2.75 bits per heavy atom. The quantitative estimate of drug-likeness (QED) is 0.869. The van der Waals surface area contributed by atoms with Gasteiger partial charge in [-0.15, -0.1) is 0 Å². The van der Waals surface area contributed by atoms with Gasteiger partial charge in [-0.3, -0.25) is 0 Å². The molecule has 2 aromatic rings. The lowest BCUT2D eigenvalue weighted by molar-refractivity contribution is 0.417. The number of nitrogens with two attached hydrogens (primary N) is 1. The highest BCUT2D eigenvalue weighted by molar-refractivity contribution is 5.91. The summed E-state index contributed by atoms with van der Waals surface area (Å²) in [4.78, 5) is 11.3. The lowest BCUT2D eigenvalue weighted by atomic mass is 9.94. The maximum absolute atomic E-state index is 5.85. The van der Waals surface area contributed by atoms with Gasteiger partial charge < -0.3 is 10.6 Å². The normalized spacial score (nSPS) is 16.4. The summed E-state index contributed by atoms with van der Waals surface area (Å²) in [6, 6.07) is 6.52. The van der Waals surface area contributed by atoms with E-state index in [0.717, 1.165) is 29.0 Å². The number of rotatable bonds is 3. The topological polar surface area (TPSA) is 55.0 Å². The van der Waals surface area contributed by atoms with Crippen LogP contribution in [0.1, 0.15) is 39.0 Å². The molecule has 1 saturated carbocycles. The molecule has 0 saturated heterocycles. The van der Waals surface area contributed by atoms with Gasteiger partial charge in [-0.2, -0.15) is 0 Å². The Balaban J connectivity index is 2.02. The SMILES string of the molecule is CCN(c1ncnc2cc(N)ccc12)C1CCCCC1. The Kier molecular flexibility index (Phi) is 3.72. The molecule has 106 valence electrons. The first-order valence-corrected chi connectivity index (χ1v) is 7.56. The van der Waals surface area contributed by atoms with Gasteiger partial charge in [-0.05, 0) is 38.0 Å². The van der Waals surface area contributed by atoms with Gasteiger partial charge in [0, 0.05) is 23.7 Å². The monoisotopic (exact) mass is 270 g/mol. The number of aromatic nitrogens is 2. The fourth-order valence-electron chi connectivity index (χ4n) is 3.26. The van der Waals surface area contributed by atoms with E-state index in [1.54, 1.807) is 6.33 Å². The highest BCUT2D eigenvalue weighted by Crippen LogP contribution is 2.30. The Morgan fingerprint density at radius 2 is 2.00 bits per heavy atom. The van der Waals surface area contributed by atoms with Gasteiger partial charge in [-0.1, -0.05) is 19.3 Å². The average molecular weight is 270 g/mol. The van der Waals surface area contributed by atoms with Crippen LogP contribution in [0.3, 0.4) is 0 Å². The van der Waals surface area contributed by atoms with Crippen LogP contribution < -0.4 is 10.6 Å². The van der Waals surface area contributed by atoms with Crippen molar-refractivity contribution in [3.63, 3.8) is 0 Å². The minimum Gasteiger partial charge on any atom is -0.399 e. The fourth-order valence-corrected chi connectivity index (χ4v) is 3.26. The molecule has 3 rings (SSSR count). The van der Waals surface area contributed by atoms with Crippen molar-refractivity contribution in [2.24, 2.45) is 0 Å². The lowest BCUT2D eigenvalue weighted by Crippen LogP contribution is -2.37. The van der Waals surface area contributed by atoms with E-state index < -0.39 is 0 Å². The molecule has 1 aromatic carbocycles. The summed E-state index contributed by atoms with van der Waals surface area (Å²) in [6.07, 6.45) is 8.23. The van der Waals surface area contributed by atoms with E-state index >= 15 is 0 Å². The number of benzene rings is 1. The zero-order valence-corrected chi connectivity index (χ0v) is 12.0. The Bertz CT molecular complexity index is 590. The number of nitrogen functional groups attached to an aromatic ring is 1. The molecule has 4 nitrogen and oxygen atoms in total. The first-order valence-electron chi connectivity index (χ1n) is 7.56. The molecule has 0 atom stereocenters. The second kappa shape index (κ2) is 5.65. The molecule has 1 heterocycles. The molecule has 20 heavy (non-hydrogen) atoms. The lowest BCUT2D eigenvalue weighted by Gasteiger charge is -2.35. The highest BCUT2D eigenvalue weighted by atomic mass is 15.2. The van der Waals surface area contributed by atoms with Crippen LogP contribution in [0.5, 0.6) is 0 Å². The minimum absolute atomic E-state index is 0.615. The molecule has 1 aromatic heterocycles. The second-order valence-corrected chi connectivity index (χ2v) is 5.55. The number of hydrogen-bond acceptors (Lipinski definition) is 4. The summed E-state index contributed by atoms with van der Waals surface area (Å²) >= 11 is 0. The predicted molar refractivity (Wildman–Crippen MR) is 83.8 cm³/mol. The number of anilines is 2. The van der Waals surface area contributed by atoms with E-state index in [2.05, 4.69) is 21.8 Å². The third-order valence-corrected chi connectivity index (χ3v) is 4.27. The molecule has 0 radical (unpaired) electrons. The number of fused-ring (bicyclic) bond motifs is 1. The van der Waals surface area contributed by atoms with Gasteiger partial charge in [-0.25, -0.2) is 9.97 Å². The van der Waals surface area contributed by atoms with Crippen LogP contribution in [0.4, 0.5) is 11.5 Å². The third-order valence-electron chi connectivity index (χ3n) is 4.27. The van der Waals surface area contributed by atoms with Gasteiger partial charge in [0.05, 0.1) is 5.52 Å². The third kappa shape index (κ3) is 2.42. The van der Waals surface area contributed by atoms with E-state index in [9.17, 15) is 0 Å². The predicted octanol–water partition coefficient (Wildman–Crippen LogP) is 3.37. The molecular weight excluding hydrogens is 248 g/mol. The average Bonchev–Trinajstić information content (AvgIpc) is 2.49. The van der Waals surface area contributed by atoms with Crippen LogP contribution in [-0.4, -0.2) is 22.6 Å². The zero-order chi connectivity index (χ0) is 13.9. The number of nitrogens with zero attached hydrogens (tertiary/aromatic N) is 3. The van der Waals surface area contributed by atoms with Gasteiger partial charge in [0.25, 0.3) is 0 Å². The standard InChI is InChI=1S/C16H22N4/c1-2-20(13-6-4-3-5-7-13)16-14-9-8-12(17)10-15(14)18-11-19-16/h8-11,13H,2-7,17H2,1H3. The fraction of sp³-hybridized carbons (Fsp3) is 0.500. The van der Waals surface area contributed by atoms with Crippen LogP contribution in [0.25, 0.3) is 10.9 Å². The van der Waals surface area contributed by atoms with Crippen molar-refractivity contribution in [2.45, 2.75) is 45.1 Å². The van der Waals surface area contributed by atoms with E-state index in [1.165, 1.54) is 32.1 Å². The molecule has 0 aliphatic heterocycles. The minimum atomic E-state index is 0.615. The second-order valence-electron chi connectivity index (χ2n) is 5.55. The summed E-state index contributed by atoms with van der Waals surface area (Å²) in [7, 11) is 0. The van der Waals surface area contributed by atoms with Crippen molar-refractivity contribution >= 4 is 22.4 Å². The van der Waals surface area contributed by atoms with E-state index in [-0.39, 0.29) is 0 Å².